The standard InChI is InChI=1S/C13H28N2O/c1-4-16-8-7-15(3)13-9-11(2)5-6-12(13)10-14/h11-13H,4-10,14H2,1-3H3. The number of hydrogen-bond acceptors (Lipinski definition) is 3. The van der Waals surface area contributed by atoms with Crippen molar-refractivity contribution in [2.45, 2.75) is 39.2 Å². The quantitative estimate of drug-likeness (QED) is 0.704. The van der Waals surface area contributed by atoms with Gasteiger partial charge in [0.1, 0.15) is 0 Å². The molecule has 0 amide bonds. The van der Waals surface area contributed by atoms with Crippen LogP contribution in [0.25, 0.3) is 0 Å². The fourth-order valence-electron chi connectivity index (χ4n) is 2.75. The van der Waals surface area contributed by atoms with Gasteiger partial charge in [-0.2, -0.15) is 0 Å². The van der Waals surface area contributed by atoms with Crippen LogP contribution in [0.3, 0.4) is 0 Å². The van der Waals surface area contributed by atoms with E-state index in [2.05, 4.69) is 18.9 Å². The largest absolute Gasteiger partial charge is 0.380 e. The molecular formula is C13H28N2O. The lowest BCUT2D eigenvalue weighted by Gasteiger charge is -2.40. The van der Waals surface area contributed by atoms with Crippen molar-refractivity contribution in [1.82, 2.24) is 4.90 Å². The van der Waals surface area contributed by atoms with Gasteiger partial charge in [0, 0.05) is 19.2 Å². The van der Waals surface area contributed by atoms with Gasteiger partial charge >= 0.3 is 0 Å². The van der Waals surface area contributed by atoms with Gasteiger partial charge < -0.3 is 15.4 Å². The molecule has 3 heteroatoms. The Labute approximate surface area is 100 Å². The molecule has 0 aliphatic heterocycles. The Balaban J connectivity index is 2.39. The zero-order chi connectivity index (χ0) is 12.0. The molecular weight excluding hydrogens is 200 g/mol. The first-order valence-corrected chi connectivity index (χ1v) is 6.67. The van der Waals surface area contributed by atoms with Crippen LogP contribution in [-0.2, 0) is 4.74 Å². The Morgan fingerprint density at radius 2 is 2.12 bits per heavy atom. The average molecular weight is 228 g/mol. The molecule has 0 spiro atoms. The van der Waals surface area contributed by atoms with Crippen molar-refractivity contribution in [2.75, 3.05) is 33.4 Å². The highest BCUT2D eigenvalue weighted by atomic mass is 16.5. The average Bonchev–Trinajstić information content (AvgIpc) is 2.29. The van der Waals surface area contributed by atoms with Crippen molar-refractivity contribution < 1.29 is 4.74 Å². The Morgan fingerprint density at radius 3 is 2.75 bits per heavy atom. The van der Waals surface area contributed by atoms with Crippen LogP contribution in [0.1, 0.15) is 33.1 Å². The minimum Gasteiger partial charge on any atom is -0.380 e. The van der Waals surface area contributed by atoms with Gasteiger partial charge in [-0.25, -0.2) is 0 Å². The molecule has 0 radical (unpaired) electrons. The van der Waals surface area contributed by atoms with Crippen molar-refractivity contribution in [3.05, 3.63) is 0 Å². The minimum atomic E-state index is 0.661. The van der Waals surface area contributed by atoms with E-state index in [4.69, 9.17) is 10.5 Å². The maximum absolute atomic E-state index is 5.87. The molecule has 1 aliphatic rings. The Bertz CT molecular complexity index is 187. The number of nitrogens with zero attached hydrogens (tertiary/aromatic N) is 1. The number of likely N-dealkylation sites (N-methyl/N-ethyl adjacent to an activating group) is 1. The van der Waals surface area contributed by atoms with Gasteiger partial charge in [-0.3, -0.25) is 0 Å². The summed E-state index contributed by atoms with van der Waals surface area (Å²) < 4.78 is 5.42. The van der Waals surface area contributed by atoms with Crippen molar-refractivity contribution in [3.63, 3.8) is 0 Å². The van der Waals surface area contributed by atoms with Gasteiger partial charge in [0.2, 0.25) is 0 Å². The molecule has 0 heterocycles. The summed E-state index contributed by atoms with van der Waals surface area (Å²) in [6.07, 6.45) is 3.93. The summed E-state index contributed by atoms with van der Waals surface area (Å²) in [6.45, 7) is 7.92. The maximum atomic E-state index is 5.87. The zero-order valence-electron chi connectivity index (χ0n) is 11.1. The summed E-state index contributed by atoms with van der Waals surface area (Å²) in [5.41, 5.74) is 5.87. The molecule has 2 N–H and O–H groups in total. The molecule has 3 nitrogen and oxygen atoms in total. The van der Waals surface area contributed by atoms with E-state index in [1.165, 1.54) is 19.3 Å². The van der Waals surface area contributed by atoms with E-state index in [1.807, 2.05) is 6.92 Å². The molecule has 1 rings (SSSR count). The highest BCUT2D eigenvalue weighted by Gasteiger charge is 2.30. The molecule has 0 bridgehead atoms. The molecule has 96 valence electrons. The smallest absolute Gasteiger partial charge is 0.0593 e. The first-order valence-electron chi connectivity index (χ1n) is 6.67. The number of nitrogens with two attached hydrogens (primary N) is 1. The maximum Gasteiger partial charge on any atom is 0.0593 e. The van der Waals surface area contributed by atoms with E-state index in [-0.39, 0.29) is 0 Å². The third-order valence-electron chi connectivity index (χ3n) is 3.88. The second-order valence-electron chi connectivity index (χ2n) is 5.16. The number of ether oxygens (including phenoxy) is 1. The van der Waals surface area contributed by atoms with E-state index in [9.17, 15) is 0 Å². The lowest BCUT2D eigenvalue weighted by atomic mass is 9.78. The molecule has 0 aromatic rings. The molecule has 0 aromatic carbocycles. The molecule has 1 fully saturated rings. The molecule has 1 aliphatic carbocycles. The van der Waals surface area contributed by atoms with Gasteiger partial charge in [-0.05, 0) is 45.2 Å². The van der Waals surface area contributed by atoms with Crippen LogP contribution in [0.4, 0.5) is 0 Å². The molecule has 1 saturated carbocycles. The highest BCUT2D eigenvalue weighted by molar-refractivity contribution is 4.85. The van der Waals surface area contributed by atoms with Crippen molar-refractivity contribution in [2.24, 2.45) is 17.6 Å². The van der Waals surface area contributed by atoms with E-state index < -0.39 is 0 Å². The van der Waals surface area contributed by atoms with E-state index in [1.54, 1.807) is 0 Å². The van der Waals surface area contributed by atoms with Crippen LogP contribution in [0.2, 0.25) is 0 Å². The minimum absolute atomic E-state index is 0.661. The van der Waals surface area contributed by atoms with Crippen LogP contribution < -0.4 is 5.73 Å². The topological polar surface area (TPSA) is 38.5 Å². The van der Waals surface area contributed by atoms with Crippen LogP contribution in [0.5, 0.6) is 0 Å². The van der Waals surface area contributed by atoms with Crippen LogP contribution in [0, 0.1) is 11.8 Å². The summed E-state index contributed by atoms with van der Waals surface area (Å²) in [6, 6.07) is 0.661. The van der Waals surface area contributed by atoms with E-state index in [0.717, 1.165) is 32.2 Å². The summed E-state index contributed by atoms with van der Waals surface area (Å²) in [4.78, 5) is 2.45. The van der Waals surface area contributed by atoms with Gasteiger partial charge in [-0.15, -0.1) is 0 Å². The number of rotatable bonds is 6. The van der Waals surface area contributed by atoms with E-state index >= 15 is 0 Å². The van der Waals surface area contributed by atoms with Gasteiger partial charge in [0.15, 0.2) is 0 Å². The monoisotopic (exact) mass is 228 g/mol. The van der Waals surface area contributed by atoms with Crippen LogP contribution in [-0.4, -0.2) is 44.3 Å². The predicted octanol–water partition coefficient (Wildman–Crippen LogP) is 1.72. The molecule has 16 heavy (non-hydrogen) atoms. The Morgan fingerprint density at radius 1 is 1.38 bits per heavy atom. The van der Waals surface area contributed by atoms with Gasteiger partial charge in [0.05, 0.1) is 6.61 Å². The summed E-state index contributed by atoms with van der Waals surface area (Å²) in [5.74, 6) is 1.53. The lowest BCUT2D eigenvalue weighted by Crippen LogP contribution is -2.45. The Kier molecular flexibility index (Phi) is 6.32. The summed E-state index contributed by atoms with van der Waals surface area (Å²) in [7, 11) is 2.21. The fraction of sp³-hybridized carbons (Fsp3) is 1.00. The highest BCUT2D eigenvalue weighted by Crippen LogP contribution is 2.30. The molecule has 0 saturated heterocycles. The normalized spacial score (nSPS) is 30.9. The molecule has 3 unspecified atom stereocenters. The van der Waals surface area contributed by atoms with Crippen LogP contribution in [0.15, 0.2) is 0 Å². The van der Waals surface area contributed by atoms with Crippen molar-refractivity contribution >= 4 is 0 Å². The van der Waals surface area contributed by atoms with E-state index in [0.29, 0.717) is 12.0 Å². The summed E-state index contributed by atoms with van der Waals surface area (Å²) in [5, 5.41) is 0. The summed E-state index contributed by atoms with van der Waals surface area (Å²) >= 11 is 0. The third-order valence-corrected chi connectivity index (χ3v) is 3.88. The number of hydrogen-bond donors (Lipinski definition) is 1. The lowest BCUT2D eigenvalue weighted by molar-refractivity contribution is 0.0665. The second-order valence-corrected chi connectivity index (χ2v) is 5.16. The zero-order valence-corrected chi connectivity index (χ0v) is 11.1. The second kappa shape index (κ2) is 7.25. The fourth-order valence-corrected chi connectivity index (χ4v) is 2.75. The van der Waals surface area contributed by atoms with Crippen LogP contribution >= 0.6 is 0 Å². The van der Waals surface area contributed by atoms with Gasteiger partial charge in [0.25, 0.3) is 0 Å². The first-order chi connectivity index (χ1) is 7.69. The van der Waals surface area contributed by atoms with Crippen molar-refractivity contribution in [1.29, 1.82) is 0 Å². The SMILES string of the molecule is CCOCCN(C)C1CC(C)CCC1CN. The molecule has 3 atom stereocenters. The van der Waals surface area contributed by atoms with Crippen molar-refractivity contribution in [3.8, 4) is 0 Å². The molecule has 0 aromatic heterocycles. The predicted molar refractivity (Wildman–Crippen MR) is 68.5 cm³/mol. The van der Waals surface area contributed by atoms with Gasteiger partial charge in [-0.1, -0.05) is 13.3 Å². The first kappa shape index (κ1) is 13.9. The third kappa shape index (κ3) is 4.04. The Hall–Kier alpha value is -0.120.